The smallest absolute Gasteiger partial charge is 0.311 e. The van der Waals surface area contributed by atoms with Crippen LogP contribution >= 0.6 is 27.7 Å². The highest BCUT2D eigenvalue weighted by Crippen LogP contribution is 2.49. The molecular formula is C16H20BrNO2S. The van der Waals surface area contributed by atoms with Crippen molar-refractivity contribution >= 4 is 33.7 Å². The minimum Gasteiger partial charge on any atom is -0.481 e. The van der Waals surface area contributed by atoms with Crippen molar-refractivity contribution in [1.82, 2.24) is 4.90 Å². The Labute approximate surface area is 138 Å². The largest absolute Gasteiger partial charge is 0.481 e. The molecule has 2 fully saturated rings. The summed E-state index contributed by atoms with van der Waals surface area (Å²) in [6, 6.07) is 6.36. The average Bonchev–Trinajstić information content (AvgIpc) is 2.98. The second kappa shape index (κ2) is 5.94. The Morgan fingerprint density at radius 1 is 1.57 bits per heavy atom. The number of halogens is 1. The monoisotopic (exact) mass is 369 g/mol. The molecule has 2 atom stereocenters. The van der Waals surface area contributed by atoms with Gasteiger partial charge in [0.1, 0.15) is 0 Å². The van der Waals surface area contributed by atoms with E-state index in [0.29, 0.717) is 12.5 Å². The van der Waals surface area contributed by atoms with Gasteiger partial charge >= 0.3 is 5.97 Å². The predicted octanol–water partition coefficient (Wildman–Crippen LogP) is 3.86. The van der Waals surface area contributed by atoms with E-state index in [1.807, 2.05) is 0 Å². The number of carboxylic acids is 1. The summed E-state index contributed by atoms with van der Waals surface area (Å²) in [4.78, 5) is 15.3. The van der Waals surface area contributed by atoms with Crippen LogP contribution in [0.4, 0.5) is 0 Å². The molecule has 21 heavy (non-hydrogen) atoms. The van der Waals surface area contributed by atoms with Crippen molar-refractivity contribution in [3.8, 4) is 0 Å². The summed E-state index contributed by atoms with van der Waals surface area (Å²) in [7, 11) is 0. The highest BCUT2D eigenvalue weighted by molar-refractivity contribution is 9.10. The van der Waals surface area contributed by atoms with Gasteiger partial charge in [0.05, 0.1) is 5.41 Å². The van der Waals surface area contributed by atoms with Crippen LogP contribution < -0.4 is 0 Å². The van der Waals surface area contributed by atoms with Crippen LogP contribution in [-0.2, 0) is 11.3 Å². The van der Waals surface area contributed by atoms with Crippen molar-refractivity contribution in [2.24, 2.45) is 11.3 Å². The Morgan fingerprint density at radius 2 is 2.38 bits per heavy atom. The summed E-state index contributed by atoms with van der Waals surface area (Å²) in [5.41, 5.74) is 0.820. The number of aliphatic carboxylic acids is 1. The van der Waals surface area contributed by atoms with Gasteiger partial charge in [-0.25, -0.2) is 0 Å². The number of benzene rings is 1. The van der Waals surface area contributed by atoms with Gasteiger partial charge in [-0.15, -0.1) is 11.8 Å². The van der Waals surface area contributed by atoms with E-state index in [2.05, 4.69) is 45.3 Å². The number of rotatable bonds is 4. The van der Waals surface area contributed by atoms with E-state index in [1.165, 1.54) is 10.5 Å². The molecule has 3 rings (SSSR count). The maximum atomic E-state index is 11.7. The lowest BCUT2D eigenvalue weighted by atomic mass is 9.81. The molecule has 0 radical (unpaired) electrons. The summed E-state index contributed by atoms with van der Waals surface area (Å²) in [5.74, 6) is -0.253. The fourth-order valence-electron chi connectivity index (χ4n) is 3.95. The van der Waals surface area contributed by atoms with Crippen molar-refractivity contribution in [2.45, 2.75) is 30.7 Å². The second-order valence-corrected chi connectivity index (χ2v) is 7.94. The summed E-state index contributed by atoms with van der Waals surface area (Å²) in [6.07, 6.45) is 5.07. The molecule has 3 nitrogen and oxygen atoms in total. The van der Waals surface area contributed by atoms with Gasteiger partial charge in [0, 0.05) is 29.0 Å². The van der Waals surface area contributed by atoms with Crippen LogP contribution in [0.1, 0.15) is 24.8 Å². The molecule has 1 aliphatic heterocycles. The number of hydrogen-bond acceptors (Lipinski definition) is 3. The summed E-state index contributed by atoms with van der Waals surface area (Å²) in [6.45, 7) is 2.49. The Balaban J connectivity index is 1.77. The third-order valence-electron chi connectivity index (χ3n) is 5.01. The summed E-state index contributed by atoms with van der Waals surface area (Å²) >= 11 is 5.26. The van der Waals surface area contributed by atoms with Crippen LogP contribution in [0, 0.1) is 11.3 Å². The molecular weight excluding hydrogens is 350 g/mol. The molecule has 1 heterocycles. The third-order valence-corrected chi connectivity index (χ3v) is 6.32. The van der Waals surface area contributed by atoms with Gasteiger partial charge in [0.2, 0.25) is 0 Å². The van der Waals surface area contributed by atoms with E-state index in [9.17, 15) is 9.90 Å². The number of fused-ring (bicyclic) bond motifs is 1. The zero-order valence-corrected chi connectivity index (χ0v) is 14.5. The highest BCUT2D eigenvalue weighted by Gasteiger charge is 2.54. The maximum Gasteiger partial charge on any atom is 0.311 e. The first-order valence-corrected chi connectivity index (χ1v) is 9.35. The Kier molecular flexibility index (Phi) is 4.35. The van der Waals surface area contributed by atoms with E-state index in [4.69, 9.17) is 0 Å². The van der Waals surface area contributed by atoms with E-state index in [0.717, 1.165) is 36.8 Å². The van der Waals surface area contributed by atoms with Gasteiger partial charge in [-0.05, 0) is 42.7 Å². The van der Waals surface area contributed by atoms with Crippen molar-refractivity contribution in [3.05, 3.63) is 28.2 Å². The van der Waals surface area contributed by atoms with Gasteiger partial charge in [0.25, 0.3) is 0 Å². The highest BCUT2D eigenvalue weighted by atomic mass is 79.9. The molecule has 114 valence electrons. The van der Waals surface area contributed by atoms with Crippen molar-refractivity contribution in [1.29, 1.82) is 0 Å². The maximum absolute atomic E-state index is 11.7. The zero-order chi connectivity index (χ0) is 15.0. The van der Waals surface area contributed by atoms with Crippen LogP contribution in [0.15, 0.2) is 27.6 Å². The van der Waals surface area contributed by atoms with Gasteiger partial charge in [-0.1, -0.05) is 28.4 Å². The van der Waals surface area contributed by atoms with Gasteiger partial charge < -0.3 is 5.11 Å². The normalized spacial score (nSPS) is 28.8. The summed E-state index contributed by atoms with van der Waals surface area (Å²) < 4.78 is 1.09. The topological polar surface area (TPSA) is 40.5 Å². The number of likely N-dealkylation sites (tertiary alicyclic amines) is 1. The van der Waals surface area contributed by atoms with Crippen LogP contribution in [-0.4, -0.2) is 35.3 Å². The Bertz CT molecular complexity index is 565. The summed E-state index contributed by atoms with van der Waals surface area (Å²) in [5, 5.41) is 9.66. The van der Waals surface area contributed by atoms with Crippen LogP contribution in [0.2, 0.25) is 0 Å². The lowest BCUT2D eigenvalue weighted by Crippen LogP contribution is -2.35. The minimum atomic E-state index is -0.589. The fourth-order valence-corrected chi connectivity index (χ4v) is 5.11. The molecule has 5 heteroatoms. The van der Waals surface area contributed by atoms with Gasteiger partial charge in [-0.3, -0.25) is 9.69 Å². The van der Waals surface area contributed by atoms with E-state index in [1.54, 1.807) is 11.8 Å². The standard InChI is InChI=1S/C16H20BrNO2S/c1-21-14-7-13(17)5-4-11(14)8-18-9-12-3-2-6-16(12,10-18)15(19)20/h4-5,7,12H,2-3,6,8-10H2,1H3,(H,19,20)/t12-,16+/m0/s1. The number of carboxylic acid groups (broad SMARTS) is 1. The molecule has 1 saturated carbocycles. The molecule has 1 saturated heterocycles. The SMILES string of the molecule is CSc1cc(Br)ccc1CN1C[C@@H]2CCC[C@@]2(C(=O)O)C1. The molecule has 1 N–H and O–H groups in total. The van der Waals surface area contributed by atoms with Crippen molar-refractivity contribution in [2.75, 3.05) is 19.3 Å². The van der Waals surface area contributed by atoms with Crippen molar-refractivity contribution < 1.29 is 9.90 Å². The van der Waals surface area contributed by atoms with Crippen molar-refractivity contribution in [3.63, 3.8) is 0 Å². The first-order valence-electron chi connectivity index (χ1n) is 7.33. The fraction of sp³-hybridized carbons (Fsp3) is 0.562. The van der Waals surface area contributed by atoms with Gasteiger partial charge in [-0.2, -0.15) is 0 Å². The molecule has 1 aromatic carbocycles. The van der Waals surface area contributed by atoms with Gasteiger partial charge in [0.15, 0.2) is 0 Å². The zero-order valence-electron chi connectivity index (χ0n) is 12.1. The molecule has 0 unspecified atom stereocenters. The van der Waals surface area contributed by atoms with Crippen LogP contribution in [0.25, 0.3) is 0 Å². The Morgan fingerprint density at radius 3 is 3.05 bits per heavy atom. The molecule has 0 spiro atoms. The van der Waals surface area contributed by atoms with E-state index < -0.39 is 11.4 Å². The quantitative estimate of drug-likeness (QED) is 0.818. The predicted molar refractivity (Wildman–Crippen MR) is 88.6 cm³/mol. The number of thioether (sulfide) groups is 1. The van der Waals surface area contributed by atoms with E-state index >= 15 is 0 Å². The molecule has 1 aromatic rings. The molecule has 2 aliphatic rings. The lowest BCUT2D eigenvalue weighted by Gasteiger charge is -2.23. The third kappa shape index (κ3) is 2.76. The molecule has 1 aliphatic carbocycles. The first-order chi connectivity index (χ1) is 10.0. The van der Waals surface area contributed by atoms with Crippen LogP contribution in [0.5, 0.6) is 0 Å². The number of hydrogen-bond donors (Lipinski definition) is 1. The number of carbonyl (C=O) groups is 1. The van der Waals surface area contributed by atoms with Crippen LogP contribution in [0.3, 0.4) is 0 Å². The lowest BCUT2D eigenvalue weighted by molar-refractivity contribution is -0.149. The number of nitrogens with zero attached hydrogens (tertiary/aromatic N) is 1. The van der Waals surface area contributed by atoms with E-state index in [-0.39, 0.29) is 0 Å². The minimum absolute atomic E-state index is 0.336. The Hall–Kier alpha value is -0.520. The molecule has 0 aromatic heterocycles. The molecule has 0 bridgehead atoms. The second-order valence-electron chi connectivity index (χ2n) is 6.18. The molecule has 0 amide bonds. The first kappa shape index (κ1) is 15.4. The average molecular weight is 370 g/mol.